The number of hydrogen-bond acceptors (Lipinski definition) is 1. The van der Waals surface area contributed by atoms with Crippen molar-refractivity contribution in [1.82, 2.24) is 5.32 Å². The highest BCUT2D eigenvalue weighted by Crippen LogP contribution is 2.29. The molecule has 18 heavy (non-hydrogen) atoms. The van der Waals surface area contributed by atoms with E-state index >= 15 is 0 Å². The molecule has 0 radical (unpaired) electrons. The van der Waals surface area contributed by atoms with Gasteiger partial charge in [0, 0.05) is 11.9 Å². The normalized spacial score (nSPS) is 13.2. The fourth-order valence-corrected chi connectivity index (χ4v) is 1.44. The first-order valence-electron chi connectivity index (χ1n) is 5.34. The zero-order valence-electron chi connectivity index (χ0n) is 9.72. The Balaban J connectivity index is 2.61. The van der Waals surface area contributed by atoms with Crippen LogP contribution < -0.4 is 5.32 Å². The maximum atomic E-state index is 12.3. The number of carbonyl (C=O) groups excluding carboxylic acids is 1. The van der Waals surface area contributed by atoms with Crippen LogP contribution in [0, 0.1) is 0 Å². The predicted octanol–water partition coefficient (Wildman–Crippen LogP) is 2.99. The van der Waals surface area contributed by atoms with Crippen molar-refractivity contribution in [2.24, 2.45) is 0 Å². The van der Waals surface area contributed by atoms with Crippen molar-refractivity contribution in [3.05, 3.63) is 35.4 Å². The molecule has 1 atom stereocenters. The van der Waals surface area contributed by atoms with Gasteiger partial charge in [-0.1, -0.05) is 12.1 Å². The summed E-state index contributed by atoms with van der Waals surface area (Å²) >= 11 is 5.53. The van der Waals surface area contributed by atoms with Gasteiger partial charge in [0.1, 0.15) is 0 Å². The Morgan fingerprint density at radius 3 is 2.33 bits per heavy atom. The Kier molecular flexibility index (Phi) is 5.02. The van der Waals surface area contributed by atoms with Crippen molar-refractivity contribution in [3.63, 3.8) is 0 Å². The second kappa shape index (κ2) is 6.09. The van der Waals surface area contributed by atoms with Gasteiger partial charge < -0.3 is 5.32 Å². The van der Waals surface area contributed by atoms with Crippen LogP contribution in [0.15, 0.2) is 24.3 Å². The molecule has 1 aromatic carbocycles. The minimum Gasteiger partial charge on any atom is -0.352 e. The van der Waals surface area contributed by atoms with Crippen LogP contribution in [0.5, 0.6) is 0 Å². The molecule has 0 fully saturated rings. The fourth-order valence-electron chi connectivity index (χ4n) is 1.36. The average molecular weight is 280 g/mol. The predicted molar refractivity (Wildman–Crippen MR) is 63.5 cm³/mol. The number of halogens is 4. The molecule has 100 valence electrons. The summed E-state index contributed by atoms with van der Waals surface area (Å²) in [5.41, 5.74) is -0.192. The van der Waals surface area contributed by atoms with Crippen LogP contribution in [0.3, 0.4) is 0 Å². The maximum absolute atomic E-state index is 12.3. The van der Waals surface area contributed by atoms with Crippen LogP contribution in [-0.4, -0.2) is 17.8 Å². The summed E-state index contributed by atoms with van der Waals surface area (Å²) in [6.07, 6.45) is -4.31. The Hall–Kier alpha value is -1.23. The van der Waals surface area contributed by atoms with E-state index in [1.54, 1.807) is 6.92 Å². The van der Waals surface area contributed by atoms with E-state index in [4.69, 9.17) is 11.6 Å². The number of nitrogens with one attached hydrogen (secondary N) is 1. The standard InChI is InChI=1S/C12H13ClF3NO/c1-8(7-13)17-11(18)6-9-2-4-10(5-3-9)12(14,15)16/h2-5,8H,6-7H2,1H3,(H,17,18). The number of hydrogen-bond donors (Lipinski definition) is 1. The lowest BCUT2D eigenvalue weighted by molar-refractivity contribution is -0.137. The van der Waals surface area contributed by atoms with Crippen LogP contribution in [0.25, 0.3) is 0 Å². The Morgan fingerprint density at radius 1 is 1.33 bits per heavy atom. The third-order valence-electron chi connectivity index (χ3n) is 2.28. The third kappa shape index (κ3) is 4.56. The Bertz CT molecular complexity index is 403. The van der Waals surface area contributed by atoms with E-state index in [2.05, 4.69) is 5.32 Å². The minimum atomic E-state index is -4.35. The van der Waals surface area contributed by atoms with E-state index in [1.165, 1.54) is 12.1 Å². The number of rotatable bonds is 4. The lowest BCUT2D eigenvalue weighted by Gasteiger charge is -2.11. The van der Waals surface area contributed by atoms with E-state index in [0.29, 0.717) is 11.4 Å². The Morgan fingerprint density at radius 2 is 1.89 bits per heavy atom. The van der Waals surface area contributed by atoms with Gasteiger partial charge in [-0.05, 0) is 24.6 Å². The van der Waals surface area contributed by atoms with Crippen LogP contribution in [-0.2, 0) is 17.4 Å². The van der Waals surface area contributed by atoms with Crippen LogP contribution in [0.2, 0.25) is 0 Å². The zero-order valence-corrected chi connectivity index (χ0v) is 10.5. The van der Waals surface area contributed by atoms with Gasteiger partial charge in [-0.2, -0.15) is 13.2 Å². The van der Waals surface area contributed by atoms with Gasteiger partial charge in [0.05, 0.1) is 12.0 Å². The van der Waals surface area contributed by atoms with Crippen LogP contribution >= 0.6 is 11.6 Å². The van der Waals surface area contributed by atoms with Gasteiger partial charge >= 0.3 is 6.18 Å². The van der Waals surface area contributed by atoms with Gasteiger partial charge in [0.25, 0.3) is 0 Å². The molecule has 0 heterocycles. The molecule has 0 saturated carbocycles. The van der Waals surface area contributed by atoms with Crippen molar-refractivity contribution in [1.29, 1.82) is 0 Å². The van der Waals surface area contributed by atoms with E-state index in [9.17, 15) is 18.0 Å². The van der Waals surface area contributed by atoms with E-state index < -0.39 is 11.7 Å². The van der Waals surface area contributed by atoms with Crippen molar-refractivity contribution < 1.29 is 18.0 Å². The molecule has 1 amide bonds. The molecule has 0 spiro atoms. The monoisotopic (exact) mass is 279 g/mol. The summed E-state index contributed by atoms with van der Waals surface area (Å²) in [5.74, 6) is 0.0292. The molecule has 0 saturated heterocycles. The SMILES string of the molecule is CC(CCl)NC(=O)Cc1ccc(C(F)(F)F)cc1. The summed E-state index contributed by atoms with van der Waals surface area (Å²) in [6, 6.07) is 4.37. The van der Waals surface area contributed by atoms with E-state index in [1.807, 2.05) is 0 Å². The van der Waals surface area contributed by atoms with Gasteiger partial charge in [-0.25, -0.2) is 0 Å². The van der Waals surface area contributed by atoms with Crippen molar-refractivity contribution in [2.45, 2.75) is 25.6 Å². The van der Waals surface area contributed by atoms with Crippen molar-refractivity contribution in [2.75, 3.05) is 5.88 Å². The van der Waals surface area contributed by atoms with Crippen LogP contribution in [0.4, 0.5) is 13.2 Å². The largest absolute Gasteiger partial charge is 0.416 e. The summed E-state index contributed by atoms with van der Waals surface area (Å²) < 4.78 is 36.9. The first kappa shape index (κ1) is 14.8. The van der Waals surface area contributed by atoms with E-state index in [0.717, 1.165) is 12.1 Å². The number of alkyl halides is 4. The maximum Gasteiger partial charge on any atom is 0.416 e. The molecule has 1 aromatic rings. The highest BCUT2D eigenvalue weighted by atomic mass is 35.5. The number of amides is 1. The second-order valence-corrected chi connectivity index (χ2v) is 4.30. The van der Waals surface area contributed by atoms with Crippen molar-refractivity contribution in [3.8, 4) is 0 Å². The lowest BCUT2D eigenvalue weighted by atomic mass is 10.1. The molecule has 6 heteroatoms. The van der Waals surface area contributed by atoms with Gasteiger partial charge in [-0.15, -0.1) is 11.6 Å². The first-order valence-corrected chi connectivity index (χ1v) is 5.88. The molecule has 1 rings (SSSR count). The molecule has 0 aromatic heterocycles. The van der Waals surface area contributed by atoms with Gasteiger partial charge in [0.2, 0.25) is 5.91 Å². The van der Waals surface area contributed by atoms with E-state index in [-0.39, 0.29) is 18.4 Å². The van der Waals surface area contributed by atoms with Gasteiger partial charge in [0.15, 0.2) is 0 Å². The highest BCUT2D eigenvalue weighted by Gasteiger charge is 2.29. The summed E-state index contributed by atoms with van der Waals surface area (Å²) in [7, 11) is 0. The van der Waals surface area contributed by atoms with Crippen LogP contribution in [0.1, 0.15) is 18.1 Å². The zero-order chi connectivity index (χ0) is 13.8. The molecule has 1 N–H and O–H groups in total. The molecule has 0 aliphatic heterocycles. The average Bonchev–Trinajstić information content (AvgIpc) is 2.28. The minimum absolute atomic E-state index is 0.0410. The highest BCUT2D eigenvalue weighted by molar-refractivity contribution is 6.18. The second-order valence-electron chi connectivity index (χ2n) is 3.99. The topological polar surface area (TPSA) is 29.1 Å². The molecule has 2 nitrogen and oxygen atoms in total. The molecule has 0 bridgehead atoms. The number of carbonyl (C=O) groups is 1. The molecule has 0 aliphatic carbocycles. The van der Waals surface area contributed by atoms with Crippen molar-refractivity contribution >= 4 is 17.5 Å². The first-order chi connectivity index (χ1) is 8.32. The summed E-state index contributed by atoms with van der Waals surface area (Å²) in [4.78, 5) is 11.5. The molecular weight excluding hydrogens is 267 g/mol. The molecular formula is C12H13ClF3NO. The molecule has 0 aliphatic rings. The third-order valence-corrected chi connectivity index (χ3v) is 2.75. The smallest absolute Gasteiger partial charge is 0.352 e. The summed E-state index contributed by atoms with van der Waals surface area (Å²) in [6.45, 7) is 1.75. The summed E-state index contributed by atoms with van der Waals surface area (Å²) in [5, 5.41) is 2.63. The number of benzene rings is 1. The molecule has 1 unspecified atom stereocenters. The van der Waals surface area contributed by atoms with Gasteiger partial charge in [-0.3, -0.25) is 4.79 Å². The quantitative estimate of drug-likeness (QED) is 0.844. The Labute approximate surface area is 108 Å². The lowest BCUT2D eigenvalue weighted by Crippen LogP contribution is -2.34. The fraction of sp³-hybridized carbons (Fsp3) is 0.417.